The Balaban J connectivity index is 1.88. The number of hydrogen-bond acceptors (Lipinski definition) is 6. The molecule has 23 heavy (non-hydrogen) atoms. The summed E-state index contributed by atoms with van der Waals surface area (Å²) in [5.74, 6) is 2.34. The molecule has 122 valence electrons. The SMILES string of the molecule is COc1ccc(CCNc2ccc(NC(C)=O)nn2)cc1OC. The number of benzene rings is 1. The average molecular weight is 316 g/mol. The van der Waals surface area contributed by atoms with E-state index >= 15 is 0 Å². The normalized spacial score (nSPS) is 10.0. The summed E-state index contributed by atoms with van der Waals surface area (Å²) < 4.78 is 10.5. The van der Waals surface area contributed by atoms with E-state index < -0.39 is 0 Å². The van der Waals surface area contributed by atoms with Crippen molar-refractivity contribution < 1.29 is 14.3 Å². The molecule has 7 heteroatoms. The van der Waals surface area contributed by atoms with Crippen LogP contribution in [-0.4, -0.2) is 36.9 Å². The predicted octanol–water partition coefficient (Wildman–Crippen LogP) is 2.11. The highest BCUT2D eigenvalue weighted by molar-refractivity contribution is 5.87. The van der Waals surface area contributed by atoms with Crippen LogP contribution in [0.15, 0.2) is 30.3 Å². The lowest BCUT2D eigenvalue weighted by molar-refractivity contribution is -0.114. The minimum Gasteiger partial charge on any atom is -0.493 e. The summed E-state index contributed by atoms with van der Waals surface area (Å²) in [6, 6.07) is 9.30. The van der Waals surface area contributed by atoms with Crippen LogP contribution in [0.25, 0.3) is 0 Å². The highest BCUT2D eigenvalue weighted by atomic mass is 16.5. The molecule has 1 aromatic carbocycles. The molecule has 0 bridgehead atoms. The first-order valence-corrected chi connectivity index (χ1v) is 7.18. The molecule has 0 unspecified atom stereocenters. The molecule has 0 atom stereocenters. The van der Waals surface area contributed by atoms with Crippen LogP contribution in [0.4, 0.5) is 11.6 Å². The van der Waals surface area contributed by atoms with Gasteiger partial charge in [0.1, 0.15) is 5.82 Å². The van der Waals surface area contributed by atoms with Gasteiger partial charge in [0.15, 0.2) is 17.3 Å². The molecule has 2 aromatic rings. The Morgan fingerprint density at radius 2 is 1.74 bits per heavy atom. The van der Waals surface area contributed by atoms with E-state index in [0.717, 1.165) is 12.0 Å². The minimum atomic E-state index is -0.173. The molecule has 0 aliphatic heterocycles. The minimum absolute atomic E-state index is 0.173. The lowest BCUT2D eigenvalue weighted by atomic mass is 10.1. The van der Waals surface area contributed by atoms with E-state index in [2.05, 4.69) is 20.8 Å². The van der Waals surface area contributed by atoms with Gasteiger partial charge in [-0.2, -0.15) is 0 Å². The van der Waals surface area contributed by atoms with Crippen molar-refractivity contribution in [3.63, 3.8) is 0 Å². The van der Waals surface area contributed by atoms with E-state index in [9.17, 15) is 4.79 Å². The molecule has 0 radical (unpaired) electrons. The van der Waals surface area contributed by atoms with Crippen LogP contribution in [0.3, 0.4) is 0 Å². The van der Waals surface area contributed by atoms with E-state index in [1.807, 2.05) is 18.2 Å². The molecule has 0 aliphatic rings. The number of nitrogens with zero attached hydrogens (tertiary/aromatic N) is 2. The Bertz CT molecular complexity index is 659. The van der Waals surface area contributed by atoms with Gasteiger partial charge in [-0.3, -0.25) is 4.79 Å². The van der Waals surface area contributed by atoms with Crippen molar-refractivity contribution in [3.8, 4) is 11.5 Å². The molecule has 2 rings (SSSR count). The maximum atomic E-state index is 10.9. The smallest absolute Gasteiger partial charge is 0.222 e. The Labute approximate surface area is 135 Å². The van der Waals surface area contributed by atoms with Gasteiger partial charge in [0.2, 0.25) is 5.91 Å². The summed E-state index contributed by atoms with van der Waals surface area (Å²) >= 11 is 0. The zero-order chi connectivity index (χ0) is 16.7. The zero-order valence-corrected chi connectivity index (χ0v) is 13.4. The van der Waals surface area contributed by atoms with Gasteiger partial charge >= 0.3 is 0 Å². The van der Waals surface area contributed by atoms with Crippen LogP contribution in [-0.2, 0) is 11.2 Å². The van der Waals surface area contributed by atoms with Gasteiger partial charge in [-0.1, -0.05) is 6.07 Å². The van der Waals surface area contributed by atoms with Crippen molar-refractivity contribution >= 4 is 17.5 Å². The Hall–Kier alpha value is -2.83. The van der Waals surface area contributed by atoms with Crippen molar-refractivity contribution in [3.05, 3.63) is 35.9 Å². The summed E-state index contributed by atoms with van der Waals surface area (Å²) in [7, 11) is 3.23. The van der Waals surface area contributed by atoms with Crippen LogP contribution in [0.1, 0.15) is 12.5 Å². The fourth-order valence-electron chi connectivity index (χ4n) is 2.04. The first-order chi connectivity index (χ1) is 11.1. The molecule has 1 amide bonds. The standard InChI is InChI=1S/C16H20N4O3/c1-11(21)18-16-7-6-15(19-20-16)17-9-8-12-4-5-13(22-2)14(10-12)23-3/h4-7,10H,8-9H2,1-3H3,(H,17,19)(H,18,20,21). The zero-order valence-electron chi connectivity index (χ0n) is 13.4. The summed E-state index contributed by atoms with van der Waals surface area (Å²) in [4.78, 5) is 10.9. The third kappa shape index (κ3) is 4.84. The van der Waals surface area contributed by atoms with Gasteiger partial charge in [-0.15, -0.1) is 10.2 Å². The van der Waals surface area contributed by atoms with E-state index in [1.54, 1.807) is 26.4 Å². The maximum absolute atomic E-state index is 10.9. The average Bonchev–Trinajstić information content (AvgIpc) is 2.55. The van der Waals surface area contributed by atoms with Crippen molar-refractivity contribution in [2.75, 3.05) is 31.4 Å². The van der Waals surface area contributed by atoms with E-state index in [-0.39, 0.29) is 5.91 Å². The van der Waals surface area contributed by atoms with E-state index in [1.165, 1.54) is 6.92 Å². The molecule has 1 heterocycles. The van der Waals surface area contributed by atoms with E-state index in [4.69, 9.17) is 9.47 Å². The number of rotatable bonds is 7. The number of hydrogen-bond donors (Lipinski definition) is 2. The number of anilines is 2. The Morgan fingerprint density at radius 1 is 1.04 bits per heavy atom. The Kier molecular flexibility index (Phi) is 5.74. The molecule has 0 spiro atoms. The van der Waals surface area contributed by atoms with Gasteiger partial charge in [-0.25, -0.2) is 0 Å². The highest BCUT2D eigenvalue weighted by Gasteiger charge is 2.05. The van der Waals surface area contributed by atoms with Crippen molar-refractivity contribution in [1.82, 2.24) is 10.2 Å². The first-order valence-electron chi connectivity index (χ1n) is 7.18. The van der Waals surface area contributed by atoms with Gasteiger partial charge in [0.25, 0.3) is 0 Å². The molecule has 0 saturated carbocycles. The molecule has 0 aliphatic carbocycles. The molecule has 2 N–H and O–H groups in total. The second-order valence-corrected chi connectivity index (χ2v) is 4.85. The summed E-state index contributed by atoms with van der Waals surface area (Å²) in [6.45, 7) is 2.13. The van der Waals surface area contributed by atoms with Crippen LogP contribution in [0.5, 0.6) is 11.5 Å². The molecule has 0 fully saturated rings. The summed E-state index contributed by atoms with van der Waals surface area (Å²) in [5, 5.41) is 13.7. The third-order valence-corrected chi connectivity index (χ3v) is 3.14. The summed E-state index contributed by atoms with van der Waals surface area (Å²) in [5.41, 5.74) is 1.12. The molecular weight excluding hydrogens is 296 g/mol. The largest absolute Gasteiger partial charge is 0.493 e. The van der Waals surface area contributed by atoms with E-state index in [0.29, 0.717) is 29.7 Å². The van der Waals surface area contributed by atoms with Gasteiger partial charge in [0, 0.05) is 13.5 Å². The number of carbonyl (C=O) groups is 1. The maximum Gasteiger partial charge on any atom is 0.222 e. The van der Waals surface area contributed by atoms with Crippen LogP contribution in [0, 0.1) is 0 Å². The van der Waals surface area contributed by atoms with Gasteiger partial charge in [0.05, 0.1) is 14.2 Å². The topological polar surface area (TPSA) is 85.4 Å². The van der Waals surface area contributed by atoms with Crippen molar-refractivity contribution in [2.24, 2.45) is 0 Å². The second-order valence-electron chi connectivity index (χ2n) is 4.85. The molecule has 7 nitrogen and oxygen atoms in total. The lowest BCUT2D eigenvalue weighted by Crippen LogP contribution is -2.10. The molecule has 1 aromatic heterocycles. The highest BCUT2D eigenvalue weighted by Crippen LogP contribution is 2.27. The Morgan fingerprint density at radius 3 is 2.35 bits per heavy atom. The molecule has 0 saturated heterocycles. The predicted molar refractivity (Wildman–Crippen MR) is 88.1 cm³/mol. The lowest BCUT2D eigenvalue weighted by Gasteiger charge is -2.10. The fourth-order valence-corrected chi connectivity index (χ4v) is 2.04. The van der Waals surface area contributed by atoms with Crippen LogP contribution >= 0.6 is 0 Å². The van der Waals surface area contributed by atoms with Crippen molar-refractivity contribution in [2.45, 2.75) is 13.3 Å². The van der Waals surface area contributed by atoms with Crippen LogP contribution in [0.2, 0.25) is 0 Å². The summed E-state index contributed by atoms with van der Waals surface area (Å²) in [6.07, 6.45) is 0.801. The van der Waals surface area contributed by atoms with Gasteiger partial charge < -0.3 is 20.1 Å². The quantitative estimate of drug-likeness (QED) is 0.814. The monoisotopic (exact) mass is 316 g/mol. The number of carbonyl (C=O) groups excluding carboxylic acids is 1. The second kappa shape index (κ2) is 7.98. The first kappa shape index (κ1) is 16.5. The van der Waals surface area contributed by atoms with Gasteiger partial charge in [-0.05, 0) is 36.2 Å². The van der Waals surface area contributed by atoms with Crippen molar-refractivity contribution in [1.29, 1.82) is 0 Å². The third-order valence-electron chi connectivity index (χ3n) is 3.14. The molecular formula is C16H20N4O3. The number of aromatic nitrogens is 2. The fraction of sp³-hybridized carbons (Fsp3) is 0.312. The number of methoxy groups -OCH3 is 2. The van der Waals surface area contributed by atoms with Crippen LogP contribution < -0.4 is 20.1 Å². The number of nitrogens with one attached hydrogen (secondary N) is 2. The number of amides is 1. The number of ether oxygens (including phenoxy) is 2.